The maximum atomic E-state index is 11.3. The second-order valence-corrected chi connectivity index (χ2v) is 3.47. The van der Waals surface area contributed by atoms with Crippen molar-refractivity contribution in [2.45, 2.75) is 39.3 Å². The SMILES string of the molecule is CCCOCC(NC(C)C)C(=O)OC. The van der Waals surface area contributed by atoms with Gasteiger partial charge in [-0.25, -0.2) is 0 Å². The van der Waals surface area contributed by atoms with E-state index in [1.165, 1.54) is 7.11 Å². The highest BCUT2D eigenvalue weighted by Gasteiger charge is 2.19. The number of methoxy groups -OCH3 is 1. The number of ether oxygens (including phenoxy) is 2. The summed E-state index contributed by atoms with van der Waals surface area (Å²) in [7, 11) is 1.39. The lowest BCUT2D eigenvalue weighted by Crippen LogP contribution is -2.44. The first kappa shape index (κ1) is 13.4. The highest BCUT2D eigenvalue weighted by Crippen LogP contribution is 1.93. The summed E-state index contributed by atoms with van der Waals surface area (Å²) in [5.41, 5.74) is 0. The van der Waals surface area contributed by atoms with Gasteiger partial charge < -0.3 is 14.8 Å². The summed E-state index contributed by atoms with van der Waals surface area (Å²) in [6.07, 6.45) is 0.954. The predicted molar refractivity (Wildman–Crippen MR) is 55.2 cm³/mol. The average molecular weight is 203 g/mol. The Morgan fingerprint density at radius 3 is 2.50 bits per heavy atom. The number of hydrogen-bond donors (Lipinski definition) is 1. The van der Waals surface area contributed by atoms with E-state index in [9.17, 15) is 4.79 Å². The van der Waals surface area contributed by atoms with Gasteiger partial charge in [-0.1, -0.05) is 20.8 Å². The lowest BCUT2D eigenvalue weighted by atomic mass is 10.2. The zero-order chi connectivity index (χ0) is 11.0. The minimum atomic E-state index is -0.355. The van der Waals surface area contributed by atoms with Crippen molar-refractivity contribution in [1.29, 1.82) is 0 Å². The van der Waals surface area contributed by atoms with Crippen molar-refractivity contribution in [1.82, 2.24) is 5.32 Å². The van der Waals surface area contributed by atoms with Crippen LogP contribution in [0.25, 0.3) is 0 Å². The van der Waals surface area contributed by atoms with Crippen LogP contribution in [0.2, 0.25) is 0 Å². The number of nitrogens with one attached hydrogen (secondary N) is 1. The van der Waals surface area contributed by atoms with Crippen LogP contribution in [-0.2, 0) is 14.3 Å². The molecule has 0 saturated carbocycles. The zero-order valence-electron chi connectivity index (χ0n) is 9.50. The summed E-state index contributed by atoms with van der Waals surface area (Å²) >= 11 is 0. The molecule has 0 amide bonds. The normalized spacial score (nSPS) is 12.9. The minimum Gasteiger partial charge on any atom is -0.468 e. The lowest BCUT2D eigenvalue weighted by molar-refractivity contribution is -0.145. The second kappa shape index (κ2) is 7.76. The molecule has 1 unspecified atom stereocenters. The summed E-state index contributed by atoms with van der Waals surface area (Å²) in [5.74, 6) is -0.269. The lowest BCUT2D eigenvalue weighted by Gasteiger charge is -2.18. The van der Waals surface area contributed by atoms with E-state index in [-0.39, 0.29) is 18.1 Å². The molecular weight excluding hydrogens is 182 g/mol. The molecule has 1 N–H and O–H groups in total. The zero-order valence-corrected chi connectivity index (χ0v) is 9.50. The third-order valence-corrected chi connectivity index (χ3v) is 1.65. The number of esters is 1. The molecule has 4 nitrogen and oxygen atoms in total. The summed E-state index contributed by atoms with van der Waals surface area (Å²) in [4.78, 5) is 11.3. The van der Waals surface area contributed by atoms with E-state index in [1.807, 2.05) is 20.8 Å². The Morgan fingerprint density at radius 1 is 1.43 bits per heavy atom. The van der Waals surface area contributed by atoms with E-state index >= 15 is 0 Å². The Labute approximate surface area is 86.0 Å². The third-order valence-electron chi connectivity index (χ3n) is 1.65. The van der Waals surface area contributed by atoms with Crippen LogP contribution in [0.5, 0.6) is 0 Å². The van der Waals surface area contributed by atoms with Gasteiger partial charge in [-0.15, -0.1) is 0 Å². The molecule has 0 aliphatic rings. The molecule has 0 radical (unpaired) electrons. The molecule has 4 heteroatoms. The topological polar surface area (TPSA) is 47.6 Å². The highest BCUT2D eigenvalue weighted by molar-refractivity contribution is 5.75. The van der Waals surface area contributed by atoms with E-state index in [0.29, 0.717) is 13.2 Å². The van der Waals surface area contributed by atoms with Crippen LogP contribution in [0.1, 0.15) is 27.2 Å². The van der Waals surface area contributed by atoms with Gasteiger partial charge in [-0.05, 0) is 6.42 Å². The number of carbonyl (C=O) groups is 1. The highest BCUT2D eigenvalue weighted by atomic mass is 16.5. The molecule has 0 heterocycles. The molecule has 0 rings (SSSR count). The van der Waals surface area contributed by atoms with Crippen LogP contribution >= 0.6 is 0 Å². The Bertz CT molecular complexity index is 159. The average Bonchev–Trinajstić information content (AvgIpc) is 2.15. The fraction of sp³-hybridized carbons (Fsp3) is 0.900. The van der Waals surface area contributed by atoms with Crippen molar-refractivity contribution in [3.8, 4) is 0 Å². The summed E-state index contributed by atoms with van der Waals surface area (Å²) < 4.78 is 9.97. The van der Waals surface area contributed by atoms with Gasteiger partial charge in [-0.3, -0.25) is 4.79 Å². The molecule has 14 heavy (non-hydrogen) atoms. The molecule has 0 bridgehead atoms. The standard InChI is InChI=1S/C10H21NO3/c1-5-6-14-7-9(10(12)13-4)11-8(2)3/h8-9,11H,5-7H2,1-4H3. The van der Waals surface area contributed by atoms with Crippen LogP contribution in [0.4, 0.5) is 0 Å². The van der Waals surface area contributed by atoms with Gasteiger partial charge in [0.15, 0.2) is 0 Å². The van der Waals surface area contributed by atoms with Crippen molar-refractivity contribution in [3.05, 3.63) is 0 Å². The molecule has 0 aliphatic carbocycles. The van der Waals surface area contributed by atoms with Crippen molar-refractivity contribution >= 4 is 5.97 Å². The van der Waals surface area contributed by atoms with Gasteiger partial charge in [0.25, 0.3) is 0 Å². The van der Waals surface area contributed by atoms with Crippen LogP contribution in [-0.4, -0.2) is 38.4 Å². The fourth-order valence-electron chi connectivity index (χ4n) is 1.07. The van der Waals surface area contributed by atoms with Crippen molar-refractivity contribution < 1.29 is 14.3 Å². The first-order valence-corrected chi connectivity index (χ1v) is 5.03. The van der Waals surface area contributed by atoms with Gasteiger partial charge in [0.05, 0.1) is 13.7 Å². The second-order valence-electron chi connectivity index (χ2n) is 3.47. The van der Waals surface area contributed by atoms with E-state index in [1.54, 1.807) is 0 Å². The van der Waals surface area contributed by atoms with E-state index in [0.717, 1.165) is 6.42 Å². The number of rotatable bonds is 7. The van der Waals surface area contributed by atoms with Crippen LogP contribution in [0, 0.1) is 0 Å². The molecule has 1 atom stereocenters. The van der Waals surface area contributed by atoms with Crippen molar-refractivity contribution in [2.75, 3.05) is 20.3 Å². The largest absolute Gasteiger partial charge is 0.468 e. The molecule has 84 valence electrons. The third kappa shape index (κ3) is 5.94. The number of hydrogen-bond acceptors (Lipinski definition) is 4. The summed E-state index contributed by atoms with van der Waals surface area (Å²) in [5, 5.41) is 3.09. The molecule has 0 spiro atoms. The Balaban J connectivity index is 3.91. The molecule has 0 aromatic rings. The maximum absolute atomic E-state index is 11.3. The first-order valence-electron chi connectivity index (χ1n) is 5.03. The first-order chi connectivity index (χ1) is 6.61. The van der Waals surface area contributed by atoms with Crippen LogP contribution in [0.3, 0.4) is 0 Å². The van der Waals surface area contributed by atoms with Gasteiger partial charge in [-0.2, -0.15) is 0 Å². The Morgan fingerprint density at radius 2 is 2.07 bits per heavy atom. The van der Waals surface area contributed by atoms with E-state index < -0.39 is 0 Å². The Hall–Kier alpha value is -0.610. The number of carbonyl (C=O) groups excluding carboxylic acids is 1. The smallest absolute Gasteiger partial charge is 0.325 e. The van der Waals surface area contributed by atoms with E-state index in [2.05, 4.69) is 10.1 Å². The summed E-state index contributed by atoms with van der Waals surface area (Å²) in [6.45, 7) is 7.04. The molecule has 0 aromatic heterocycles. The molecular formula is C10H21NO3. The van der Waals surface area contributed by atoms with Crippen LogP contribution < -0.4 is 5.32 Å². The molecule has 0 aromatic carbocycles. The monoisotopic (exact) mass is 203 g/mol. The van der Waals surface area contributed by atoms with Gasteiger partial charge in [0.2, 0.25) is 0 Å². The molecule has 0 fully saturated rings. The Kier molecular flexibility index (Phi) is 7.42. The molecule has 0 saturated heterocycles. The van der Waals surface area contributed by atoms with Crippen LogP contribution in [0.15, 0.2) is 0 Å². The maximum Gasteiger partial charge on any atom is 0.325 e. The van der Waals surface area contributed by atoms with E-state index in [4.69, 9.17) is 4.74 Å². The molecule has 0 aliphatic heterocycles. The summed E-state index contributed by atoms with van der Waals surface area (Å²) in [6, 6.07) is -0.115. The van der Waals surface area contributed by atoms with Crippen molar-refractivity contribution in [2.24, 2.45) is 0 Å². The quantitative estimate of drug-likeness (QED) is 0.494. The van der Waals surface area contributed by atoms with Gasteiger partial charge >= 0.3 is 5.97 Å². The van der Waals surface area contributed by atoms with Crippen molar-refractivity contribution in [3.63, 3.8) is 0 Å². The van der Waals surface area contributed by atoms with Gasteiger partial charge in [0.1, 0.15) is 6.04 Å². The minimum absolute atomic E-state index is 0.240. The van der Waals surface area contributed by atoms with Gasteiger partial charge in [0, 0.05) is 12.6 Å². The predicted octanol–water partition coefficient (Wildman–Crippen LogP) is 0.953. The fourth-order valence-corrected chi connectivity index (χ4v) is 1.07.